The summed E-state index contributed by atoms with van der Waals surface area (Å²) in [6, 6.07) is 0. The Bertz CT molecular complexity index is 52.8. The van der Waals surface area contributed by atoms with E-state index in [9.17, 15) is 4.79 Å². The Morgan fingerprint density at radius 1 is 2.00 bits per heavy atom. The molecule has 0 aliphatic rings. The first-order valence-electron chi connectivity index (χ1n) is 1.12. The summed E-state index contributed by atoms with van der Waals surface area (Å²) in [7, 11) is 0. The van der Waals surface area contributed by atoms with Crippen molar-refractivity contribution in [3.8, 4) is 0 Å². The van der Waals surface area contributed by atoms with Gasteiger partial charge in [-0.05, 0) is 0 Å². The van der Waals surface area contributed by atoms with E-state index >= 15 is 0 Å². The van der Waals surface area contributed by atoms with Gasteiger partial charge in [-0.2, -0.15) is 0 Å². The molecule has 0 saturated heterocycles. The van der Waals surface area contributed by atoms with Gasteiger partial charge >= 0.3 is 6.16 Å². The molecule has 0 aliphatic heterocycles. The summed E-state index contributed by atoms with van der Waals surface area (Å²) in [6.45, 7) is 0. The van der Waals surface area contributed by atoms with Crippen molar-refractivity contribution in [1.82, 2.24) is 5.59 Å². The summed E-state index contributed by atoms with van der Waals surface area (Å²) in [6.07, 6.45) is -1.45. The minimum Gasteiger partial charge on any atom is -0.448 e. The van der Waals surface area contributed by atoms with E-state index < -0.39 is 6.16 Å². The third-order valence-electron chi connectivity index (χ3n) is 0.146. The summed E-state index contributed by atoms with van der Waals surface area (Å²) < 4.78 is 0. The van der Waals surface area contributed by atoms with Gasteiger partial charge in [-0.25, -0.2) is 10.6 Å². The molecule has 0 spiro atoms. The van der Waals surface area contributed by atoms with Crippen molar-refractivity contribution in [2.45, 2.75) is 0 Å². The molecule has 0 aliphatic carbocycles. The zero-order valence-corrected chi connectivity index (χ0v) is 2.84. The summed E-state index contributed by atoms with van der Waals surface area (Å²) in [5.74, 6) is 4.38. The highest BCUT2D eigenvalue weighted by molar-refractivity contribution is 5.56. The first kappa shape index (κ1) is 5.19. The highest BCUT2D eigenvalue weighted by atomic mass is 16.8. The van der Waals surface area contributed by atoms with E-state index in [-0.39, 0.29) is 0 Å². The summed E-state index contributed by atoms with van der Waals surface area (Å²) >= 11 is 0. The van der Waals surface area contributed by atoms with E-state index in [2.05, 4.69) is 10.7 Å². The SMILES string of the molecule is NNOC(=O)O. The van der Waals surface area contributed by atoms with E-state index in [1.807, 2.05) is 0 Å². The van der Waals surface area contributed by atoms with Crippen LogP contribution in [0.4, 0.5) is 4.79 Å². The molecule has 0 rings (SSSR count). The lowest BCUT2D eigenvalue weighted by Gasteiger charge is -1.88. The molecule has 0 amide bonds. The van der Waals surface area contributed by atoms with Crippen LogP contribution >= 0.6 is 0 Å². The van der Waals surface area contributed by atoms with Crippen LogP contribution in [-0.4, -0.2) is 11.3 Å². The van der Waals surface area contributed by atoms with Gasteiger partial charge in [0.05, 0.1) is 0 Å². The molecule has 0 aromatic heterocycles. The largest absolute Gasteiger partial charge is 0.526 e. The van der Waals surface area contributed by atoms with Crippen LogP contribution in [0, 0.1) is 0 Å². The molecule has 0 aromatic rings. The molecular weight excluding hydrogens is 88.0 g/mol. The van der Waals surface area contributed by atoms with Crippen LogP contribution in [0.15, 0.2) is 0 Å². The Morgan fingerprint density at radius 2 is 2.50 bits per heavy atom. The van der Waals surface area contributed by atoms with Gasteiger partial charge in [0.1, 0.15) is 0 Å². The molecule has 0 saturated carbocycles. The predicted octanol–water partition coefficient (Wildman–Crippen LogP) is -0.941. The van der Waals surface area contributed by atoms with E-state index in [0.29, 0.717) is 0 Å². The van der Waals surface area contributed by atoms with E-state index in [1.54, 1.807) is 0 Å². The minimum atomic E-state index is -1.45. The van der Waals surface area contributed by atoms with Gasteiger partial charge in [0.25, 0.3) is 0 Å². The van der Waals surface area contributed by atoms with Gasteiger partial charge in [-0.3, -0.25) is 0 Å². The van der Waals surface area contributed by atoms with Crippen LogP contribution in [0.5, 0.6) is 0 Å². The molecule has 5 heteroatoms. The molecule has 5 nitrogen and oxygen atoms in total. The van der Waals surface area contributed by atoms with Crippen LogP contribution in [0.1, 0.15) is 0 Å². The number of hydrogen-bond acceptors (Lipinski definition) is 4. The first-order chi connectivity index (χ1) is 2.77. The third-order valence-corrected chi connectivity index (χ3v) is 0.146. The smallest absolute Gasteiger partial charge is 0.448 e. The van der Waals surface area contributed by atoms with Crippen molar-refractivity contribution < 1.29 is 14.7 Å². The molecule has 0 atom stereocenters. The zero-order valence-electron chi connectivity index (χ0n) is 2.84. The predicted molar refractivity (Wildman–Crippen MR) is 16.4 cm³/mol. The fourth-order valence-corrected chi connectivity index (χ4v) is 0.0504. The molecule has 0 bridgehead atoms. The van der Waals surface area contributed by atoms with Crippen molar-refractivity contribution in [1.29, 1.82) is 0 Å². The number of carboxylic acid groups (broad SMARTS) is 1. The number of hydrazine groups is 1. The number of rotatable bonds is 1. The lowest BCUT2D eigenvalue weighted by Crippen LogP contribution is -2.24. The van der Waals surface area contributed by atoms with Gasteiger partial charge in [-0.1, -0.05) is 5.59 Å². The van der Waals surface area contributed by atoms with E-state index in [4.69, 9.17) is 5.11 Å². The topological polar surface area (TPSA) is 84.6 Å². The Labute approximate surface area is 33.6 Å². The average molecular weight is 92.1 g/mol. The maximum atomic E-state index is 9.23. The molecule has 0 unspecified atom stereocenters. The van der Waals surface area contributed by atoms with Crippen LogP contribution in [0.25, 0.3) is 0 Å². The molecule has 36 valence electrons. The maximum absolute atomic E-state index is 9.23. The zero-order chi connectivity index (χ0) is 4.99. The standard InChI is InChI=1S/CH4N2O3/c2-3-6-1(4)5/h3H,2H2,(H,4,5). The Kier molecular flexibility index (Phi) is 2.10. The van der Waals surface area contributed by atoms with E-state index in [0.717, 1.165) is 0 Å². The van der Waals surface area contributed by atoms with E-state index in [1.165, 1.54) is 5.59 Å². The van der Waals surface area contributed by atoms with Crippen molar-refractivity contribution >= 4 is 6.16 Å². The van der Waals surface area contributed by atoms with Gasteiger partial charge in [0, 0.05) is 0 Å². The number of nitrogens with two attached hydrogens (primary N) is 1. The van der Waals surface area contributed by atoms with Crippen LogP contribution in [0.3, 0.4) is 0 Å². The second-order valence-electron chi connectivity index (χ2n) is 0.486. The molecule has 4 N–H and O–H groups in total. The number of carbonyl (C=O) groups is 1. The molecular formula is CH4N2O3. The average Bonchev–Trinajstić information content (AvgIpc) is 1.35. The molecule has 0 aromatic carbocycles. The van der Waals surface area contributed by atoms with Gasteiger partial charge in [0.15, 0.2) is 0 Å². The van der Waals surface area contributed by atoms with Gasteiger partial charge in [0.2, 0.25) is 0 Å². The lowest BCUT2D eigenvalue weighted by atomic mass is 11.4. The minimum absolute atomic E-state index is 1.45. The fourth-order valence-electron chi connectivity index (χ4n) is 0.0504. The summed E-state index contributed by atoms with van der Waals surface area (Å²) in [5.41, 5.74) is 1.47. The van der Waals surface area contributed by atoms with Crippen LogP contribution < -0.4 is 11.4 Å². The highest BCUT2D eigenvalue weighted by Crippen LogP contribution is 1.59. The monoisotopic (exact) mass is 92.0 g/mol. The number of nitrogens with one attached hydrogen (secondary N) is 1. The number of hydrogen-bond donors (Lipinski definition) is 3. The van der Waals surface area contributed by atoms with Crippen LogP contribution in [0.2, 0.25) is 0 Å². The lowest BCUT2D eigenvalue weighted by molar-refractivity contribution is 0.0443. The van der Waals surface area contributed by atoms with Gasteiger partial charge < -0.3 is 9.94 Å². The molecule has 0 heterocycles. The second-order valence-corrected chi connectivity index (χ2v) is 0.486. The quantitative estimate of drug-likeness (QED) is 0.287. The molecule has 0 radical (unpaired) electrons. The normalized spacial score (nSPS) is 7.50. The van der Waals surface area contributed by atoms with Gasteiger partial charge in [-0.15, -0.1) is 0 Å². The highest BCUT2D eigenvalue weighted by Gasteiger charge is 1.87. The summed E-state index contributed by atoms with van der Waals surface area (Å²) in [5, 5.41) is 7.55. The molecule has 0 fully saturated rings. The Hall–Kier alpha value is -0.810. The first-order valence-corrected chi connectivity index (χ1v) is 1.12. The second kappa shape index (κ2) is 2.43. The summed E-state index contributed by atoms with van der Waals surface area (Å²) in [4.78, 5) is 12.7. The molecule has 6 heavy (non-hydrogen) atoms. The van der Waals surface area contributed by atoms with Crippen molar-refractivity contribution in [2.24, 2.45) is 5.84 Å². The van der Waals surface area contributed by atoms with Crippen LogP contribution in [-0.2, 0) is 4.84 Å². The van der Waals surface area contributed by atoms with Crippen molar-refractivity contribution in [3.05, 3.63) is 0 Å². The fraction of sp³-hybridized carbons (Fsp3) is 0. The van der Waals surface area contributed by atoms with Crippen molar-refractivity contribution in [2.75, 3.05) is 0 Å². The Morgan fingerprint density at radius 3 is 2.50 bits per heavy atom. The third kappa shape index (κ3) is 3.19. The maximum Gasteiger partial charge on any atom is 0.526 e. The Balaban J connectivity index is 2.83. The van der Waals surface area contributed by atoms with Crippen molar-refractivity contribution in [3.63, 3.8) is 0 Å².